The minimum Gasteiger partial charge on any atom is -0.493 e. The van der Waals surface area contributed by atoms with Gasteiger partial charge in [0.25, 0.3) is 0 Å². The number of hydrogen-bond donors (Lipinski definition) is 0. The molecule has 0 bridgehead atoms. The summed E-state index contributed by atoms with van der Waals surface area (Å²) in [5, 5.41) is 11.9. The topological polar surface area (TPSA) is 42.2 Å². The maximum Gasteiger partial charge on any atom is 0.161 e. The number of nitrogens with zero attached hydrogens (tertiary/aromatic N) is 1. The molecule has 0 atom stereocenters. The SMILES string of the molecule is COc1cc(/C=C(/C#N)c2cccc3ccccc23)ccc1OCc1ccccc1F. The van der Waals surface area contributed by atoms with E-state index in [2.05, 4.69) is 6.07 Å². The molecule has 0 saturated heterocycles. The van der Waals surface area contributed by atoms with E-state index < -0.39 is 0 Å². The van der Waals surface area contributed by atoms with Gasteiger partial charge in [-0.1, -0.05) is 66.7 Å². The minimum absolute atomic E-state index is 0.0949. The highest BCUT2D eigenvalue weighted by Crippen LogP contribution is 2.32. The van der Waals surface area contributed by atoms with Crippen LogP contribution in [0.1, 0.15) is 16.7 Å². The van der Waals surface area contributed by atoms with E-state index >= 15 is 0 Å². The molecule has 0 amide bonds. The summed E-state index contributed by atoms with van der Waals surface area (Å²) in [6.07, 6.45) is 1.82. The number of fused-ring (bicyclic) bond motifs is 1. The minimum atomic E-state index is -0.310. The molecule has 0 saturated carbocycles. The second-order valence-electron chi connectivity index (χ2n) is 6.99. The second kappa shape index (κ2) is 9.15. The summed E-state index contributed by atoms with van der Waals surface area (Å²) in [5.41, 5.74) is 2.70. The van der Waals surface area contributed by atoms with Crippen molar-refractivity contribution in [2.45, 2.75) is 6.61 Å². The van der Waals surface area contributed by atoms with Gasteiger partial charge in [0, 0.05) is 11.1 Å². The summed E-state index contributed by atoms with van der Waals surface area (Å²) in [7, 11) is 1.55. The molecule has 4 aromatic carbocycles. The number of ether oxygens (including phenoxy) is 2. The summed E-state index contributed by atoms with van der Waals surface area (Å²) in [6, 6.07) is 28.1. The highest BCUT2D eigenvalue weighted by atomic mass is 19.1. The lowest BCUT2D eigenvalue weighted by molar-refractivity contribution is 0.279. The van der Waals surface area contributed by atoms with Crippen LogP contribution in [0.15, 0.2) is 84.9 Å². The molecule has 0 radical (unpaired) electrons. The average Bonchev–Trinajstić information content (AvgIpc) is 2.82. The summed E-state index contributed by atoms with van der Waals surface area (Å²) in [6.45, 7) is 0.0949. The van der Waals surface area contributed by atoms with Crippen LogP contribution in [0.2, 0.25) is 0 Å². The molecule has 0 N–H and O–H groups in total. The molecule has 152 valence electrons. The molecule has 4 heteroatoms. The lowest BCUT2D eigenvalue weighted by Crippen LogP contribution is -2.00. The molecule has 0 fully saturated rings. The van der Waals surface area contributed by atoms with Crippen molar-refractivity contribution < 1.29 is 13.9 Å². The smallest absolute Gasteiger partial charge is 0.161 e. The molecule has 4 rings (SSSR count). The Kier molecular flexibility index (Phi) is 5.96. The van der Waals surface area contributed by atoms with Crippen molar-refractivity contribution in [3.8, 4) is 17.6 Å². The van der Waals surface area contributed by atoms with Gasteiger partial charge in [0.2, 0.25) is 0 Å². The fourth-order valence-electron chi connectivity index (χ4n) is 3.46. The van der Waals surface area contributed by atoms with Gasteiger partial charge in [-0.05, 0) is 40.6 Å². The fourth-order valence-corrected chi connectivity index (χ4v) is 3.46. The summed E-state index contributed by atoms with van der Waals surface area (Å²) in [4.78, 5) is 0. The third-order valence-corrected chi connectivity index (χ3v) is 5.04. The quantitative estimate of drug-likeness (QED) is 0.265. The monoisotopic (exact) mass is 409 g/mol. The average molecular weight is 409 g/mol. The number of methoxy groups -OCH3 is 1. The van der Waals surface area contributed by atoms with Gasteiger partial charge in [0.1, 0.15) is 12.4 Å². The number of allylic oxidation sites excluding steroid dienone is 1. The molecule has 0 aliphatic heterocycles. The number of benzene rings is 4. The van der Waals surface area contributed by atoms with E-state index in [1.165, 1.54) is 6.07 Å². The van der Waals surface area contributed by atoms with Crippen molar-refractivity contribution in [2.24, 2.45) is 0 Å². The maximum atomic E-state index is 13.8. The third-order valence-electron chi connectivity index (χ3n) is 5.04. The number of hydrogen-bond acceptors (Lipinski definition) is 3. The van der Waals surface area contributed by atoms with Gasteiger partial charge in [-0.15, -0.1) is 0 Å². The highest BCUT2D eigenvalue weighted by molar-refractivity contribution is 6.01. The molecule has 0 heterocycles. The largest absolute Gasteiger partial charge is 0.493 e. The first-order chi connectivity index (χ1) is 15.2. The number of nitriles is 1. The van der Waals surface area contributed by atoms with Crippen molar-refractivity contribution in [3.05, 3.63) is 107 Å². The Hall–Kier alpha value is -4.10. The van der Waals surface area contributed by atoms with Gasteiger partial charge >= 0.3 is 0 Å². The first kappa shape index (κ1) is 20.2. The van der Waals surface area contributed by atoms with Gasteiger partial charge in [-0.25, -0.2) is 4.39 Å². The van der Waals surface area contributed by atoms with Crippen molar-refractivity contribution in [1.29, 1.82) is 5.26 Å². The molecular formula is C27H20FNO2. The van der Waals surface area contributed by atoms with Crippen LogP contribution < -0.4 is 9.47 Å². The van der Waals surface area contributed by atoms with E-state index in [0.717, 1.165) is 21.9 Å². The molecule has 3 nitrogen and oxygen atoms in total. The molecular weight excluding hydrogens is 389 g/mol. The molecule has 0 aromatic heterocycles. The molecule has 4 aromatic rings. The Bertz CT molecular complexity index is 1300. The van der Waals surface area contributed by atoms with Gasteiger partial charge in [-0.2, -0.15) is 5.26 Å². The zero-order valence-electron chi connectivity index (χ0n) is 17.0. The zero-order valence-corrected chi connectivity index (χ0v) is 17.0. The predicted octanol–water partition coefficient (Wildman–Crippen LogP) is 6.63. The third kappa shape index (κ3) is 4.41. The van der Waals surface area contributed by atoms with E-state index in [-0.39, 0.29) is 12.4 Å². The summed E-state index contributed by atoms with van der Waals surface area (Å²) in [5.74, 6) is 0.710. The van der Waals surface area contributed by atoms with Crippen molar-refractivity contribution in [3.63, 3.8) is 0 Å². The van der Waals surface area contributed by atoms with Gasteiger partial charge in [0.15, 0.2) is 11.5 Å². The Balaban J connectivity index is 1.64. The lowest BCUT2D eigenvalue weighted by atomic mass is 9.97. The van der Waals surface area contributed by atoms with Gasteiger partial charge in [0.05, 0.1) is 18.8 Å². The van der Waals surface area contributed by atoms with E-state index in [1.807, 2.05) is 54.6 Å². The predicted molar refractivity (Wildman–Crippen MR) is 121 cm³/mol. The molecule has 31 heavy (non-hydrogen) atoms. The fraction of sp³-hybridized carbons (Fsp3) is 0.0741. The Morgan fingerprint density at radius 2 is 1.71 bits per heavy atom. The van der Waals surface area contributed by atoms with Gasteiger partial charge < -0.3 is 9.47 Å². The molecule has 0 spiro atoms. The molecule has 0 aliphatic rings. The van der Waals surface area contributed by atoms with Gasteiger partial charge in [-0.3, -0.25) is 0 Å². The first-order valence-electron chi connectivity index (χ1n) is 9.84. The Morgan fingerprint density at radius 3 is 2.52 bits per heavy atom. The van der Waals surface area contributed by atoms with Crippen LogP contribution in [0.25, 0.3) is 22.4 Å². The first-order valence-corrected chi connectivity index (χ1v) is 9.84. The Labute approximate surface area is 180 Å². The Morgan fingerprint density at radius 1 is 0.935 bits per heavy atom. The van der Waals surface area contributed by atoms with E-state index in [1.54, 1.807) is 37.4 Å². The van der Waals surface area contributed by atoms with E-state index in [0.29, 0.717) is 22.6 Å². The maximum absolute atomic E-state index is 13.8. The van der Waals surface area contributed by atoms with Crippen LogP contribution in [0.3, 0.4) is 0 Å². The summed E-state index contributed by atoms with van der Waals surface area (Å²) >= 11 is 0. The van der Waals surface area contributed by atoms with Crippen LogP contribution in [-0.2, 0) is 6.61 Å². The second-order valence-corrected chi connectivity index (χ2v) is 6.99. The van der Waals surface area contributed by atoms with Crippen LogP contribution in [0.5, 0.6) is 11.5 Å². The summed E-state index contributed by atoms with van der Waals surface area (Å²) < 4.78 is 25.1. The zero-order chi connectivity index (χ0) is 21.6. The van der Waals surface area contributed by atoms with E-state index in [4.69, 9.17) is 9.47 Å². The van der Waals surface area contributed by atoms with Crippen LogP contribution in [0.4, 0.5) is 4.39 Å². The highest BCUT2D eigenvalue weighted by Gasteiger charge is 2.10. The van der Waals surface area contributed by atoms with Crippen LogP contribution in [0, 0.1) is 17.1 Å². The van der Waals surface area contributed by atoms with Crippen molar-refractivity contribution >= 4 is 22.4 Å². The number of halogens is 1. The molecule has 0 unspecified atom stereocenters. The lowest BCUT2D eigenvalue weighted by Gasteiger charge is -2.12. The normalized spacial score (nSPS) is 11.2. The van der Waals surface area contributed by atoms with Crippen LogP contribution >= 0.6 is 0 Å². The molecule has 0 aliphatic carbocycles. The standard InChI is InChI=1S/C27H20FNO2/c1-30-27-16-19(13-14-26(27)31-18-21-8-3-5-12-25(21)28)15-22(17-29)24-11-6-9-20-7-2-4-10-23(20)24/h2-16H,18H2,1H3/b22-15-. The number of rotatable bonds is 6. The van der Waals surface area contributed by atoms with E-state index in [9.17, 15) is 9.65 Å². The van der Waals surface area contributed by atoms with Crippen molar-refractivity contribution in [2.75, 3.05) is 7.11 Å². The van der Waals surface area contributed by atoms with Crippen molar-refractivity contribution in [1.82, 2.24) is 0 Å². The van der Waals surface area contributed by atoms with Crippen LogP contribution in [-0.4, -0.2) is 7.11 Å².